The maximum absolute atomic E-state index is 5.14. The molecule has 0 aliphatic heterocycles. The summed E-state index contributed by atoms with van der Waals surface area (Å²) in [5, 5.41) is 0. The molecule has 256 valence electrons. The van der Waals surface area contributed by atoms with E-state index >= 15 is 0 Å². The molecule has 0 amide bonds. The lowest BCUT2D eigenvalue weighted by atomic mass is 9.70. The Morgan fingerprint density at radius 1 is 0.255 bits per heavy atom. The van der Waals surface area contributed by atoms with Crippen LogP contribution in [0.15, 0.2) is 188 Å². The minimum atomic E-state index is -0.420. The third kappa shape index (κ3) is 4.83. The van der Waals surface area contributed by atoms with E-state index in [1.807, 2.05) is 72.8 Å². The molecule has 0 saturated heterocycles. The Labute approximate surface area is 318 Å². The first kappa shape index (κ1) is 31.2. The van der Waals surface area contributed by atoms with Gasteiger partial charge in [-0.15, -0.1) is 0 Å². The van der Waals surface area contributed by atoms with Crippen LogP contribution in [0.2, 0.25) is 0 Å². The summed E-state index contributed by atoms with van der Waals surface area (Å²) >= 11 is 0. The van der Waals surface area contributed by atoms with E-state index in [1.54, 1.807) is 0 Å². The number of rotatable bonds is 5. The lowest BCUT2D eigenvalue weighted by Gasteiger charge is -2.30. The molecular formula is C50H31N5. The minimum absolute atomic E-state index is 0.420. The minimum Gasteiger partial charge on any atom is -0.244 e. The molecule has 6 aromatic carbocycles. The second-order valence-corrected chi connectivity index (χ2v) is 14.0. The molecule has 3 heterocycles. The van der Waals surface area contributed by atoms with Gasteiger partial charge < -0.3 is 0 Å². The molecule has 0 saturated carbocycles. The summed E-state index contributed by atoms with van der Waals surface area (Å²) in [6.07, 6.45) is 0. The zero-order chi connectivity index (χ0) is 36.3. The van der Waals surface area contributed by atoms with Crippen LogP contribution in [-0.4, -0.2) is 24.9 Å². The molecule has 3 aromatic heterocycles. The summed E-state index contributed by atoms with van der Waals surface area (Å²) in [7, 11) is 0. The third-order valence-corrected chi connectivity index (χ3v) is 11.0. The molecule has 0 radical (unpaired) electrons. The molecule has 5 nitrogen and oxygen atoms in total. The molecule has 9 aromatic rings. The van der Waals surface area contributed by atoms with Crippen molar-refractivity contribution in [2.24, 2.45) is 0 Å². The van der Waals surface area contributed by atoms with Crippen molar-refractivity contribution in [3.8, 4) is 79.2 Å². The van der Waals surface area contributed by atoms with Gasteiger partial charge in [-0.3, -0.25) is 0 Å². The van der Waals surface area contributed by atoms with Gasteiger partial charge in [-0.1, -0.05) is 158 Å². The molecule has 2 aliphatic rings. The Hall–Kier alpha value is -7.37. The number of aromatic nitrogens is 5. The van der Waals surface area contributed by atoms with Crippen molar-refractivity contribution < 1.29 is 0 Å². The van der Waals surface area contributed by atoms with Gasteiger partial charge in [0.05, 0.1) is 16.8 Å². The number of pyridine rings is 2. The fourth-order valence-electron chi connectivity index (χ4n) is 8.63. The van der Waals surface area contributed by atoms with Gasteiger partial charge in [0, 0.05) is 16.7 Å². The van der Waals surface area contributed by atoms with E-state index in [0.29, 0.717) is 28.9 Å². The fourth-order valence-corrected chi connectivity index (χ4v) is 8.63. The van der Waals surface area contributed by atoms with Crippen molar-refractivity contribution in [2.75, 3.05) is 0 Å². The third-order valence-electron chi connectivity index (χ3n) is 11.0. The molecular weight excluding hydrogens is 671 g/mol. The molecule has 55 heavy (non-hydrogen) atoms. The number of hydrogen-bond donors (Lipinski definition) is 0. The summed E-state index contributed by atoms with van der Waals surface area (Å²) in [6, 6.07) is 65.6. The van der Waals surface area contributed by atoms with Crippen LogP contribution >= 0.6 is 0 Å². The van der Waals surface area contributed by atoms with Gasteiger partial charge in [-0.2, -0.15) is 0 Å². The second kappa shape index (κ2) is 12.4. The fraction of sp³-hybridized carbons (Fsp3) is 0.0200. The highest BCUT2D eigenvalue weighted by atomic mass is 15.1. The summed E-state index contributed by atoms with van der Waals surface area (Å²) in [5.41, 5.74) is 15.7. The highest BCUT2D eigenvalue weighted by Crippen LogP contribution is 2.62. The van der Waals surface area contributed by atoms with E-state index in [0.717, 1.165) is 28.1 Å². The Kier molecular flexibility index (Phi) is 7.01. The van der Waals surface area contributed by atoms with Gasteiger partial charge >= 0.3 is 0 Å². The van der Waals surface area contributed by atoms with Gasteiger partial charge in [0.1, 0.15) is 11.4 Å². The Morgan fingerprint density at radius 2 is 0.655 bits per heavy atom. The van der Waals surface area contributed by atoms with Gasteiger partial charge in [0.15, 0.2) is 17.5 Å². The van der Waals surface area contributed by atoms with Gasteiger partial charge in [-0.05, 0) is 74.8 Å². The molecule has 5 heteroatoms. The molecule has 0 unspecified atom stereocenters. The van der Waals surface area contributed by atoms with Gasteiger partial charge in [-0.25, -0.2) is 24.9 Å². The quantitative estimate of drug-likeness (QED) is 0.179. The molecule has 2 aliphatic carbocycles. The van der Waals surface area contributed by atoms with Crippen LogP contribution in [-0.2, 0) is 5.41 Å². The van der Waals surface area contributed by atoms with E-state index in [-0.39, 0.29) is 0 Å². The van der Waals surface area contributed by atoms with Crippen molar-refractivity contribution in [3.63, 3.8) is 0 Å². The summed E-state index contributed by atoms with van der Waals surface area (Å²) < 4.78 is 0. The monoisotopic (exact) mass is 701 g/mol. The summed E-state index contributed by atoms with van der Waals surface area (Å²) in [4.78, 5) is 25.4. The largest absolute Gasteiger partial charge is 0.244 e. The average molecular weight is 702 g/mol. The zero-order valence-electron chi connectivity index (χ0n) is 29.6. The lowest BCUT2D eigenvalue weighted by molar-refractivity contribution is 0.794. The molecule has 0 fully saturated rings. The van der Waals surface area contributed by atoms with Crippen LogP contribution in [0.5, 0.6) is 0 Å². The van der Waals surface area contributed by atoms with Gasteiger partial charge in [0.2, 0.25) is 0 Å². The predicted octanol–water partition coefficient (Wildman–Crippen LogP) is 11.3. The molecule has 11 rings (SSSR count). The van der Waals surface area contributed by atoms with E-state index in [4.69, 9.17) is 24.9 Å². The van der Waals surface area contributed by atoms with Gasteiger partial charge in [0.25, 0.3) is 0 Å². The van der Waals surface area contributed by atoms with Crippen LogP contribution in [0.25, 0.3) is 79.2 Å². The van der Waals surface area contributed by atoms with Crippen LogP contribution in [0.3, 0.4) is 0 Å². The topological polar surface area (TPSA) is 64.5 Å². The smallest absolute Gasteiger partial charge is 0.182 e. The Morgan fingerprint density at radius 3 is 1.16 bits per heavy atom. The average Bonchev–Trinajstić information content (AvgIpc) is 3.74. The first-order chi connectivity index (χ1) is 27.3. The molecule has 0 atom stereocenters. The van der Waals surface area contributed by atoms with Crippen LogP contribution in [0, 0.1) is 0 Å². The molecule has 0 bridgehead atoms. The van der Waals surface area contributed by atoms with Crippen molar-refractivity contribution in [3.05, 3.63) is 210 Å². The Balaban J connectivity index is 1.11. The molecule has 0 N–H and O–H groups in total. The Bertz CT molecular complexity index is 2790. The van der Waals surface area contributed by atoms with E-state index in [9.17, 15) is 0 Å². The highest BCUT2D eigenvalue weighted by Gasteiger charge is 2.51. The second-order valence-electron chi connectivity index (χ2n) is 14.0. The maximum atomic E-state index is 5.14. The standard InChI is InChI=1S/C50H31N5/c1-3-15-32(16-4-1)43-25-13-27-45(51-43)48-53-47(54-49(55-48)46-28-14-26-44(52-46)33-17-5-2-6-18-33)34-29-30-42-38(31-34)37-21-9-12-24-41(37)50(42)39-22-10-7-19-35(39)36-20-8-11-23-40(36)50/h1-31H. The van der Waals surface area contributed by atoms with Crippen LogP contribution in [0.4, 0.5) is 0 Å². The summed E-state index contributed by atoms with van der Waals surface area (Å²) in [6.45, 7) is 0. The zero-order valence-corrected chi connectivity index (χ0v) is 29.6. The first-order valence-electron chi connectivity index (χ1n) is 18.5. The summed E-state index contributed by atoms with van der Waals surface area (Å²) in [5.74, 6) is 1.54. The first-order valence-corrected chi connectivity index (χ1v) is 18.5. The van der Waals surface area contributed by atoms with Crippen molar-refractivity contribution in [1.82, 2.24) is 24.9 Å². The SMILES string of the molecule is c1ccc(-c2cccc(-c3nc(-c4ccc5c(c4)-c4ccccc4C54c5ccccc5-c5ccccc54)nc(-c4cccc(-c5ccccc5)n4)n3)n2)cc1. The number of nitrogens with zero attached hydrogens (tertiary/aromatic N) is 5. The van der Waals surface area contributed by atoms with Crippen molar-refractivity contribution in [2.45, 2.75) is 5.41 Å². The van der Waals surface area contributed by atoms with Crippen molar-refractivity contribution >= 4 is 0 Å². The highest BCUT2D eigenvalue weighted by molar-refractivity contribution is 5.95. The van der Waals surface area contributed by atoms with Crippen LogP contribution in [0.1, 0.15) is 22.3 Å². The van der Waals surface area contributed by atoms with Crippen LogP contribution < -0.4 is 0 Å². The van der Waals surface area contributed by atoms with E-state index in [2.05, 4.69) is 115 Å². The number of benzene rings is 6. The van der Waals surface area contributed by atoms with E-state index < -0.39 is 5.41 Å². The lowest BCUT2D eigenvalue weighted by Crippen LogP contribution is -2.25. The predicted molar refractivity (Wildman–Crippen MR) is 219 cm³/mol. The number of hydrogen-bond acceptors (Lipinski definition) is 5. The normalized spacial score (nSPS) is 12.9. The van der Waals surface area contributed by atoms with E-state index in [1.165, 1.54) is 44.5 Å². The molecule has 1 spiro atoms. The van der Waals surface area contributed by atoms with Crippen molar-refractivity contribution in [1.29, 1.82) is 0 Å². The maximum Gasteiger partial charge on any atom is 0.182 e. The number of fused-ring (bicyclic) bond motifs is 10.